The van der Waals surface area contributed by atoms with Crippen LogP contribution in [0.5, 0.6) is 0 Å². The number of nitrogens with zero attached hydrogens (tertiary/aromatic N) is 5. The molecule has 0 aliphatic carbocycles. The zero-order chi connectivity index (χ0) is 27.2. The predicted octanol–water partition coefficient (Wildman–Crippen LogP) is 4.27. The van der Waals surface area contributed by atoms with Crippen molar-refractivity contribution in [2.75, 3.05) is 31.3 Å². The number of hydrogen-bond donors (Lipinski definition) is 2. The summed E-state index contributed by atoms with van der Waals surface area (Å²) in [5.74, 6) is 1.24. The Morgan fingerprint density at radius 3 is 2.72 bits per heavy atom. The van der Waals surface area contributed by atoms with Crippen molar-refractivity contribution in [1.82, 2.24) is 24.3 Å². The predicted molar refractivity (Wildman–Crippen MR) is 149 cm³/mol. The number of hydrogen-bond acceptors (Lipinski definition) is 7. The van der Waals surface area contributed by atoms with Gasteiger partial charge in [-0.3, -0.25) is 14.0 Å². The largest absolute Gasteiger partial charge is 0.382 e. The number of likely N-dealkylation sites (tertiary alicyclic amines) is 1. The van der Waals surface area contributed by atoms with Crippen molar-refractivity contribution in [3.05, 3.63) is 84.6 Å². The molecular formula is C29H31N7O3. The number of amides is 2. The Balaban J connectivity index is 1.50. The summed E-state index contributed by atoms with van der Waals surface area (Å²) in [5, 5.41) is 2.79. The molecule has 1 fully saturated rings. The van der Waals surface area contributed by atoms with Gasteiger partial charge in [0.25, 0.3) is 5.91 Å². The molecule has 1 atom stereocenters. The lowest BCUT2D eigenvalue weighted by Gasteiger charge is -2.28. The number of imidazole rings is 1. The van der Waals surface area contributed by atoms with E-state index in [1.54, 1.807) is 55.9 Å². The quantitative estimate of drug-likeness (QED) is 0.345. The van der Waals surface area contributed by atoms with E-state index in [1.807, 2.05) is 33.7 Å². The van der Waals surface area contributed by atoms with Crippen LogP contribution in [0.1, 0.15) is 47.9 Å². The maximum atomic E-state index is 13.2. The Hall–Kier alpha value is -4.57. The zero-order valence-corrected chi connectivity index (χ0v) is 21.8. The van der Waals surface area contributed by atoms with Crippen LogP contribution in [0.4, 0.5) is 11.6 Å². The van der Waals surface area contributed by atoms with E-state index in [0.29, 0.717) is 41.6 Å². The Bertz CT molecular complexity index is 1480. The molecular weight excluding hydrogens is 494 g/mol. The first-order valence-corrected chi connectivity index (χ1v) is 13.0. The summed E-state index contributed by atoms with van der Waals surface area (Å²) >= 11 is 0. The lowest BCUT2D eigenvalue weighted by molar-refractivity contribution is -0.128. The second kappa shape index (κ2) is 11.9. The first kappa shape index (κ1) is 26.1. The number of carbonyl (C=O) groups excluding carboxylic acids is 2. The van der Waals surface area contributed by atoms with Crippen LogP contribution >= 0.6 is 0 Å². The van der Waals surface area contributed by atoms with Gasteiger partial charge in [0.05, 0.1) is 12.6 Å². The fourth-order valence-corrected chi connectivity index (χ4v) is 4.91. The van der Waals surface area contributed by atoms with Gasteiger partial charge in [-0.1, -0.05) is 37.1 Å². The van der Waals surface area contributed by atoms with Gasteiger partial charge in [-0.05, 0) is 37.1 Å². The van der Waals surface area contributed by atoms with Gasteiger partial charge in [-0.2, -0.15) is 0 Å². The van der Waals surface area contributed by atoms with Crippen molar-refractivity contribution in [1.29, 1.82) is 0 Å². The smallest absolute Gasteiger partial charge is 0.256 e. The molecule has 1 aliphatic heterocycles. The van der Waals surface area contributed by atoms with Crippen molar-refractivity contribution in [2.45, 2.75) is 31.7 Å². The van der Waals surface area contributed by atoms with Gasteiger partial charge in [0.2, 0.25) is 5.91 Å². The topological polar surface area (TPSA) is 128 Å². The molecule has 3 aromatic heterocycles. The summed E-state index contributed by atoms with van der Waals surface area (Å²) in [6.07, 6.45) is 12.2. The average Bonchev–Trinajstić information content (AvgIpc) is 3.18. The molecule has 1 saturated heterocycles. The Labute approximate surface area is 226 Å². The molecule has 1 aromatic carbocycles. The number of methoxy groups -OCH3 is 1. The molecule has 1 aliphatic rings. The molecule has 200 valence electrons. The van der Waals surface area contributed by atoms with E-state index in [-0.39, 0.29) is 17.9 Å². The number of nitrogens with two attached hydrogens (primary N) is 1. The number of carbonyl (C=O) groups is 2. The first-order valence-electron chi connectivity index (χ1n) is 13.0. The van der Waals surface area contributed by atoms with E-state index in [1.165, 1.54) is 0 Å². The number of rotatable bonds is 7. The highest BCUT2D eigenvalue weighted by Gasteiger charge is 2.30. The molecule has 1 unspecified atom stereocenters. The van der Waals surface area contributed by atoms with E-state index in [2.05, 4.69) is 15.3 Å². The standard InChI is InChI=1S/C29H31N7O3/c1-39-19-7-10-24(37)35-17-6-2-3-8-22(35)28-34-25(26-27(30)32-16-18-36(26)28)20-11-13-21(14-12-20)29(38)33-23-9-4-5-15-31-23/h4-5,7,9-16,18,22H,2-3,6,8,17,19H2,1H3,(H2,30,32)(H,31,33,38). The lowest BCUT2D eigenvalue weighted by Crippen LogP contribution is -2.34. The van der Waals surface area contributed by atoms with Crippen LogP contribution in [0.3, 0.4) is 0 Å². The number of benzene rings is 1. The maximum Gasteiger partial charge on any atom is 0.256 e. The SMILES string of the molecule is COCC=CC(=O)N1CCCCCC1c1nc(-c2ccc(C(=O)Nc3ccccn3)cc2)c2c(N)nccn12. The fraction of sp³-hybridized carbons (Fsp3) is 0.276. The van der Waals surface area contributed by atoms with Gasteiger partial charge in [-0.25, -0.2) is 15.0 Å². The molecule has 3 N–H and O–H groups in total. The van der Waals surface area contributed by atoms with Gasteiger partial charge in [-0.15, -0.1) is 0 Å². The molecule has 39 heavy (non-hydrogen) atoms. The molecule has 0 spiro atoms. The van der Waals surface area contributed by atoms with E-state index in [4.69, 9.17) is 15.5 Å². The molecule has 2 amide bonds. The molecule has 5 rings (SSSR count). The average molecular weight is 526 g/mol. The highest BCUT2D eigenvalue weighted by Crippen LogP contribution is 2.35. The van der Waals surface area contributed by atoms with Crippen LogP contribution in [0.25, 0.3) is 16.8 Å². The highest BCUT2D eigenvalue weighted by molar-refractivity contribution is 6.04. The summed E-state index contributed by atoms with van der Waals surface area (Å²) in [6.45, 7) is 1.02. The summed E-state index contributed by atoms with van der Waals surface area (Å²) in [5.41, 5.74) is 8.96. The normalized spacial score (nSPS) is 15.9. The lowest BCUT2D eigenvalue weighted by atomic mass is 10.1. The van der Waals surface area contributed by atoms with E-state index in [0.717, 1.165) is 37.1 Å². The third-order valence-electron chi connectivity index (χ3n) is 6.79. The molecule has 0 bridgehead atoms. The number of fused-ring (bicyclic) bond motifs is 1. The third-order valence-corrected chi connectivity index (χ3v) is 6.79. The molecule has 10 nitrogen and oxygen atoms in total. The van der Waals surface area contributed by atoms with E-state index in [9.17, 15) is 9.59 Å². The summed E-state index contributed by atoms with van der Waals surface area (Å²) < 4.78 is 7.01. The minimum Gasteiger partial charge on any atom is -0.382 e. The van der Waals surface area contributed by atoms with Crippen molar-refractivity contribution in [3.8, 4) is 11.3 Å². The molecule has 0 saturated carbocycles. The molecule has 4 aromatic rings. The molecule has 10 heteroatoms. The first-order chi connectivity index (χ1) is 19.1. The van der Waals surface area contributed by atoms with Crippen LogP contribution < -0.4 is 11.1 Å². The summed E-state index contributed by atoms with van der Waals surface area (Å²) in [7, 11) is 1.60. The number of anilines is 2. The van der Waals surface area contributed by atoms with Crippen LogP contribution in [0, 0.1) is 0 Å². The van der Waals surface area contributed by atoms with Crippen molar-refractivity contribution in [3.63, 3.8) is 0 Å². The van der Waals surface area contributed by atoms with Crippen LogP contribution in [0.15, 0.2) is 73.2 Å². The van der Waals surface area contributed by atoms with Crippen LogP contribution in [-0.2, 0) is 9.53 Å². The minimum atomic E-state index is -0.258. The van der Waals surface area contributed by atoms with E-state index < -0.39 is 0 Å². The monoisotopic (exact) mass is 525 g/mol. The molecule has 0 radical (unpaired) electrons. The van der Waals surface area contributed by atoms with Gasteiger partial charge >= 0.3 is 0 Å². The van der Waals surface area contributed by atoms with Gasteiger partial charge < -0.3 is 20.7 Å². The van der Waals surface area contributed by atoms with Crippen LogP contribution in [-0.4, -0.2) is 56.3 Å². The second-order valence-electron chi connectivity index (χ2n) is 9.35. The minimum absolute atomic E-state index is 0.0671. The Kier molecular flexibility index (Phi) is 7.93. The number of ether oxygens (including phenoxy) is 1. The van der Waals surface area contributed by atoms with Gasteiger partial charge in [0.15, 0.2) is 0 Å². The highest BCUT2D eigenvalue weighted by atomic mass is 16.5. The van der Waals surface area contributed by atoms with E-state index >= 15 is 0 Å². The van der Waals surface area contributed by atoms with Crippen LogP contribution in [0.2, 0.25) is 0 Å². The van der Waals surface area contributed by atoms with Crippen molar-refractivity contribution < 1.29 is 14.3 Å². The number of pyridine rings is 1. The molecule has 4 heterocycles. The third kappa shape index (κ3) is 5.65. The number of nitrogens with one attached hydrogen (secondary N) is 1. The number of aromatic nitrogens is 4. The Morgan fingerprint density at radius 2 is 1.95 bits per heavy atom. The van der Waals surface area contributed by atoms with Crippen molar-refractivity contribution in [2.24, 2.45) is 0 Å². The second-order valence-corrected chi connectivity index (χ2v) is 9.35. The number of nitrogen functional groups attached to an aromatic ring is 1. The zero-order valence-electron chi connectivity index (χ0n) is 21.8. The fourth-order valence-electron chi connectivity index (χ4n) is 4.91. The van der Waals surface area contributed by atoms with Gasteiger partial charge in [0, 0.05) is 49.4 Å². The van der Waals surface area contributed by atoms with Gasteiger partial charge in [0.1, 0.15) is 28.7 Å². The summed E-state index contributed by atoms with van der Waals surface area (Å²) in [4.78, 5) is 41.3. The Morgan fingerprint density at radius 1 is 1.10 bits per heavy atom. The maximum absolute atomic E-state index is 13.2. The summed E-state index contributed by atoms with van der Waals surface area (Å²) in [6, 6.07) is 12.3. The van der Waals surface area contributed by atoms with Crippen molar-refractivity contribution >= 4 is 29.0 Å².